The molecule has 1 saturated carbocycles. The number of hydrogen-bond donors (Lipinski definition) is 2. The van der Waals surface area contributed by atoms with Crippen LogP contribution in [0.5, 0.6) is 0 Å². The van der Waals surface area contributed by atoms with E-state index in [1.54, 1.807) is 0 Å². The van der Waals surface area contributed by atoms with E-state index in [1.807, 2.05) is 0 Å². The minimum absolute atomic E-state index is 0.149. The maximum Gasteiger partial charge on any atom is 0.126 e. The van der Waals surface area contributed by atoms with Crippen molar-refractivity contribution >= 4 is 0 Å². The Morgan fingerprint density at radius 1 is 1.12 bits per heavy atom. The van der Waals surface area contributed by atoms with E-state index in [9.17, 15) is 13.9 Å². The fourth-order valence-electron chi connectivity index (χ4n) is 2.56. The van der Waals surface area contributed by atoms with Gasteiger partial charge >= 0.3 is 0 Å². The molecule has 0 unspecified atom stereocenters. The average Bonchev–Trinajstić information content (AvgIpc) is 2.79. The van der Waals surface area contributed by atoms with Gasteiger partial charge in [0.05, 0.1) is 12.1 Å². The molecule has 0 radical (unpaired) electrons. The summed E-state index contributed by atoms with van der Waals surface area (Å²) in [7, 11) is 0. The first kappa shape index (κ1) is 12.5. The lowest BCUT2D eigenvalue weighted by Crippen LogP contribution is -2.32. The van der Waals surface area contributed by atoms with Crippen LogP contribution in [0.25, 0.3) is 0 Å². The first-order chi connectivity index (χ1) is 8.08. The third-order valence-electron chi connectivity index (χ3n) is 3.52. The highest BCUT2D eigenvalue weighted by molar-refractivity contribution is 5.22. The van der Waals surface area contributed by atoms with Crippen LogP contribution in [-0.4, -0.2) is 11.2 Å². The second kappa shape index (κ2) is 5.10. The van der Waals surface area contributed by atoms with Crippen LogP contribution in [0.1, 0.15) is 37.3 Å². The molecule has 1 aliphatic rings. The Balaban J connectivity index is 2.14. The summed E-state index contributed by atoms with van der Waals surface area (Å²) in [5.41, 5.74) is 6.19. The van der Waals surface area contributed by atoms with Gasteiger partial charge in [0.1, 0.15) is 11.6 Å². The molecule has 2 rings (SSSR count). The number of halogens is 2. The number of hydrogen-bond acceptors (Lipinski definition) is 2. The Kier molecular flexibility index (Phi) is 3.74. The number of aliphatic hydroxyl groups excluding tert-OH is 1. The van der Waals surface area contributed by atoms with E-state index in [-0.39, 0.29) is 5.92 Å². The SMILES string of the molecule is N[C@H](c1cc(F)cc(F)c1)[C@@H](O)C1CCCC1. The Hall–Kier alpha value is -1.00. The van der Waals surface area contributed by atoms with E-state index in [2.05, 4.69) is 0 Å². The van der Waals surface area contributed by atoms with Crippen molar-refractivity contribution in [2.45, 2.75) is 37.8 Å². The zero-order valence-electron chi connectivity index (χ0n) is 9.57. The van der Waals surface area contributed by atoms with Gasteiger partial charge in [-0.2, -0.15) is 0 Å². The molecule has 4 heteroatoms. The Labute approximate surface area is 99.4 Å². The first-order valence-corrected chi connectivity index (χ1v) is 5.97. The molecule has 94 valence electrons. The van der Waals surface area contributed by atoms with Gasteiger partial charge in [0.2, 0.25) is 0 Å². The maximum absolute atomic E-state index is 13.1. The summed E-state index contributed by atoms with van der Waals surface area (Å²) in [6, 6.07) is 2.46. The van der Waals surface area contributed by atoms with Gasteiger partial charge in [-0.25, -0.2) is 8.78 Å². The first-order valence-electron chi connectivity index (χ1n) is 5.97. The zero-order valence-corrected chi connectivity index (χ0v) is 9.57. The number of nitrogens with two attached hydrogens (primary N) is 1. The van der Waals surface area contributed by atoms with Gasteiger partial charge < -0.3 is 10.8 Å². The van der Waals surface area contributed by atoms with E-state index >= 15 is 0 Å². The predicted octanol–water partition coefficient (Wildman–Crippen LogP) is 2.52. The van der Waals surface area contributed by atoms with E-state index in [1.165, 1.54) is 12.1 Å². The van der Waals surface area contributed by atoms with Gasteiger partial charge in [-0.15, -0.1) is 0 Å². The normalized spacial score (nSPS) is 20.5. The molecule has 1 aromatic rings. The molecule has 2 atom stereocenters. The van der Waals surface area contributed by atoms with Gasteiger partial charge in [-0.3, -0.25) is 0 Å². The third kappa shape index (κ3) is 2.82. The van der Waals surface area contributed by atoms with Gasteiger partial charge in [0.25, 0.3) is 0 Å². The lowest BCUT2D eigenvalue weighted by atomic mass is 9.91. The van der Waals surface area contributed by atoms with Crippen LogP contribution in [0.15, 0.2) is 18.2 Å². The van der Waals surface area contributed by atoms with E-state index in [0.29, 0.717) is 5.56 Å². The molecular formula is C13H17F2NO. The van der Waals surface area contributed by atoms with E-state index in [0.717, 1.165) is 31.7 Å². The van der Waals surface area contributed by atoms with Crippen LogP contribution in [0.3, 0.4) is 0 Å². The van der Waals surface area contributed by atoms with Crippen molar-refractivity contribution in [1.29, 1.82) is 0 Å². The van der Waals surface area contributed by atoms with Crippen LogP contribution < -0.4 is 5.73 Å². The quantitative estimate of drug-likeness (QED) is 0.854. The molecule has 1 fully saturated rings. The van der Waals surface area contributed by atoms with Crippen molar-refractivity contribution in [3.8, 4) is 0 Å². The van der Waals surface area contributed by atoms with Gasteiger partial charge in [0, 0.05) is 6.07 Å². The Morgan fingerprint density at radius 2 is 1.65 bits per heavy atom. The molecule has 1 aliphatic carbocycles. The second-order valence-electron chi connectivity index (χ2n) is 4.76. The van der Waals surface area contributed by atoms with Crippen LogP contribution in [-0.2, 0) is 0 Å². The summed E-state index contributed by atoms with van der Waals surface area (Å²) in [4.78, 5) is 0. The van der Waals surface area contributed by atoms with E-state index in [4.69, 9.17) is 5.73 Å². The molecule has 0 saturated heterocycles. The number of benzene rings is 1. The molecule has 0 bridgehead atoms. The molecule has 2 nitrogen and oxygen atoms in total. The summed E-state index contributed by atoms with van der Waals surface area (Å²) in [6.45, 7) is 0. The highest BCUT2D eigenvalue weighted by Gasteiger charge is 2.29. The predicted molar refractivity (Wildman–Crippen MR) is 61.3 cm³/mol. The molecule has 3 N–H and O–H groups in total. The fraction of sp³-hybridized carbons (Fsp3) is 0.538. The summed E-state index contributed by atoms with van der Waals surface area (Å²) >= 11 is 0. The van der Waals surface area contributed by atoms with Crippen molar-refractivity contribution < 1.29 is 13.9 Å². The molecule has 17 heavy (non-hydrogen) atoms. The van der Waals surface area contributed by atoms with Crippen molar-refractivity contribution in [2.24, 2.45) is 11.7 Å². The Bertz CT molecular complexity index is 371. The second-order valence-corrected chi connectivity index (χ2v) is 4.76. The minimum atomic E-state index is -0.723. The van der Waals surface area contributed by atoms with E-state index < -0.39 is 23.8 Å². The number of aliphatic hydroxyl groups is 1. The molecule has 0 aliphatic heterocycles. The molecule has 1 aromatic carbocycles. The lowest BCUT2D eigenvalue weighted by Gasteiger charge is -2.24. The highest BCUT2D eigenvalue weighted by atomic mass is 19.1. The topological polar surface area (TPSA) is 46.2 Å². The highest BCUT2D eigenvalue weighted by Crippen LogP contribution is 2.32. The monoisotopic (exact) mass is 241 g/mol. The van der Waals surface area contributed by atoms with Crippen molar-refractivity contribution in [3.05, 3.63) is 35.4 Å². The average molecular weight is 241 g/mol. The number of rotatable bonds is 3. The standard InChI is InChI=1S/C13H17F2NO/c14-10-5-9(6-11(15)7-10)12(16)13(17)8-3-1-2-4-8/h5-8,12-13,17H,1-4,16H2/t12-,13+/m1/s1. The largest absolute Gasteiger partial charge is 0.391 e. The van der Waals surface area contributed by atoms with Crippen molar-refractivity contribution in [2.75, 3.05) is 0 Å². The Morgan fingerprint density at radius 3 is 2.18 bits per heavy atom. The van der Waals surface area contributed by atoms with Gasteiger partial charge in [-0.1, -0.05) is 12.8 Å². The van der Waals surface area contributed by atoms with Gasteiger partial charge in [0.15, 0.2) is 0 Å². The molecular weight excluding hydrogens is 224 g/mol. The smallest absolute Gasteiger partial charge is 0.126 e. The summed E-state index contributed by atoms with van der Waals surface area (Å²) in [5, 5.41) is 10.1. The molecule has 0 amide bonds. The van der Waals surface area contributed by atoms with Gasteiger partial charge in [-0.05, 0) is 36.5 Å². The van der Waals surface area contributed by atoms with Crippen LogP contribution in [0.4, 0.5) is 8.78 Å². The maximum atomic E-state index is 13.1. The third-order valence-corrected chi connectivity index (χ3v) is 3.52. The molecule has 0 aromatic heterocycles. The van der Waals surface area contributed by atoms with Crippen LogP contribution >= 0.6 is 0 Å². The molecule has 0 heterocycles. The summed E-state index contributed by atoms with van der Waals surface area (Å²) in [6.07, 6.45) is 3.33. The minimum Gasteiger partial charge on any atom is -0.391 e. The summed E-state index contributed by atoms with van der Waals surface area (Å²) < 4.78 is 26.1. The van der Waals surface area contributed by atoms with Crippen LogP contribution in [0, 0.1) is 17.6 Å². The summed E-state index contributed by atoms with van der Waals surface area (Å²) in [5.74, 6) is -1.17. The van der Waals surface area contributed by atoms with Crippen molar-refractivity contribution in [3.63, 3.8) is 0 Å². The zero-order chi connectivity index (χ0) is 12.4. The van der Waals surface area contributed by atoms with Crippen molar-refractivity contribution in [1.82, 2.24) is 0 Å². The van der Waals surface area contributed by atoms with Crippen LogP contribution in [0.2, 0.25) is 0 Å². The molecule has 0 spiro atoms. The lowest BCUT2D eigenvalue weighted by molar-refractivity contribution is 0.0843. The fourth-order valence-corrected chi connectivity index (χ4v) is 2.56.